The minimum absolute atomic E-state index is 0.119. The lowest BCUT2D eigenvalue weighted by Crippen LogP contribution is -2.21. The van der Waals surface area contributed by atoms with Gasteiger partial charge in [0.05, 0.1) is 5.69 Å². The highest BCUT2D eigenvalue weighted by molar-refractivity contribution is 6.07. The summed E-state index contributed by atoms with van der Waals surface area (Å²) in [5.41, 5.74) is 1.56. The molecule has 8 heteroatoms. The number of hydrogen-bond acceptors (Lipinski definition) is 3. The zero-order valence-corrected chi connectivity index (χ0v) is 15.4. The van der Waals surface area contributed by atoms with Crippen LogP contribution in [0.15, 0.2) is 48.5 Å². The molecule has 1 aliphatic heterocycles. The van der Waals surface area contributed by atoms with Gasteiger partial charge < -0.3 is 15.2 Å². The van der Waals surface area contributed by atoms with Crippen molar-refractivity contribution in [3.63, 3.8) is 0 Å². The Kier molecular flexibility index (Phi) is 5.07. The second-order valence-corrected chi connectivity index (χ2v) is 6.76. The van der Waals surface area contributed by atoms with Crippen LogP contribution in [0.2, 0.25) is 0 Å². The fourth-order valence-corrected chi connectivity index (χ4v) is 3.37. The topological polar surface area (TPSA) is 76.0 Å². The molecule has 2 heterocycles. The maximum atomic E-state index is 13.4. The molecule has 0 saturated carbocycles. The minimum Gasteiger partial charge on any atom is -0.323 e. The molecule has 2 N–H and O–H groups in total. The number of anilines is 2. The van der Waals surface area contributed by atoms with Gasteiger partial charge in [-0.25, -0.2) is 13.8 Å². The molecule has 29 heavy (non-hydrogen) atoms. The van der Waals surface area contributed by atoms with Crippen LogP contribution in [0.3, 0.4) is 0 Å². The van der Waals surface area contributed by atoms with E-state index in [2.05, 4.69) is 15.6 Å². The Morgan fingerprint density at radius 2 is 1.66 bits per heavy atom. The lowest BCUT2D eigenvalue weighted by molar-refractivity contribution is 0.101. The summed E-state index contributed by atoms with van der Waals surface area (Å²) < 4.78 is 28.2. The van der Waals surface area contributed by atoms with Crippen LogP contribution >= 0.6 is 0 Å². The van der Waals surface area contributed by atoms with Crippen LogP contribution < -0.4 is 10.6 Å². The Bertz CT molecular complexity index is 1080. The van der Waals surface area contributed by atoms with Crippen molar-refractivity contribution in [2.24, 2.45) is 0 Å². The van der Waals surface area contributed by atoms with Gasteiger partial charge in [-0.15, -0.1) is 0 Å². The lowest BCUT2D eigenvalue weighted by Gasteiger charge is -2.17. The first-order valence-corrected chi connectivity index (χ1v) is 9.24. The molecule has 0 saturated heterocycles. The molecule has 2 amide bonds. The standard InChI is InChI=1S/C21H18F2N4O2/c22-13-7-9-15(10-8-13)24-21(29)19-26-18(17-6-1-2-11-27(17)19)20(28)25-16-5-3-4-14(23)12-16/h3-5,7-10,12H,1-2,6,11H2,(H,24,29)(H,25,28). The second kappa shape index (κ2) is 7.83. The van der Waals surface area contributed by atoms with Crippen LogP contribution in [0.25, 0.3) is 0 Å². The average molecular weight is 396 g/mol. The molecule has 0 bridgehead atoms. The van der Waals surface area contributed by atoms with Crippen molar-refractivity contribution in [3.05, 3.63) is 77.4 Å². The van der Waals surface area contributed by atoms with E-state index in [0.717, 1.165) is 12.8 Å². The van der Waals surface area contributed by atoms with Crippen molar-refractivity contribution < 1.29 is 18.4 Å². The SMILES string of the molecule is O=C(Nc1cccc(F)c1)c1nc(C(=O)Nc2ccc(F)cc2)n2c1CCCC2. The molecule has 0 atom stereocenters. The van der Waals surface area contributed by atoms with Gasteiger partial charge in [0.1, 0.15) is 11.6 Å². The van der Waals surface area contributed by atoms with Crippen molar-refractivity contribution in [3.8, 4) is 0 Å². The Labute approximate surface area is 165 Å². The smallest absolute Gasteiger partial charge is 0.291 e. The van der Waals surface area contributed by atoms with Crippen LogP contribution in [0.1, 0.15) is 39.6 Å². The van der Waals surface area contributed by atoms with E-state index in [4.69, 9.17) is 0 Å². The number of nitrogens with one attached hydrogen (secondary N) is 2. The number of imidazole rings is 1. The fourth-order valence-electron chi connectivity index (χ4n) is 3.37. The number of benzene rings is 2. The van der Waals surface area contributed by atoms with E-state index in [1.165, 1.54) is 42.5 Å². The van der Waals surface area contributed by atoms with Crippen molar-refractivity contribution in [2.45, 2.75) is 25.8 Å². The largest absolute Gasteiger partial charge is 0.323 e. The highest BCUT2D eigenvalue weighted by Gasteiger charge is 2.27. The number of amides is 2. The molecule has 4 rings (SSSR count). The molecule has 0 fully saturated rings. The molecular formula is C21H18F2N4O2. The Balaban J connectivity index is 1.62. The van der Waals surface area contributed by atoms with E-state index in [0.29, 0.717) is 30.0 Å². The first-order chi connectivity index (χ1) is 14.0. The number of carbonyl (C=O) groups excluding carboxylic acids is 2. The summed E-state index contributed by atoms with van der Waals surface area (Å²) in [5, 5.41) is 5.30. The summed E-state index contributed by atoms with van der Waals surface area (Å²) in [5.74, 6) is -1.73. The number of rotatable bonds is 4. The summed E-state index contributed by atoms with van der Waals surface area (Å²) in [4.78, 5) is 29.8. The van der Waals surface area contributed by atoms with Crippen LogP contribution in [0.4, 0.5) is 20.2 Å². The monoisotopic (exact) mass is 396 g/mol. The first kappa shape index (κ1) is 18.8. The van der Waals surface area contributed by atoms with Crippen molar-refractivity contribution in [1.29, 1.82) is 0 Å². The lowest BCUT2D eigenvalue weighted by atomic mass is 10.1. The molecule has 0 spiro atoms. The average Bonchev–Trinajstić information content (AvgIpc) is 3.10. The Morgan fingerprint density at radius 3 is 2.41 bits per heavy atom. The number of hydrogen-bond donors (Lipinski definition) is 2. The maximum absolute atomic E-state index is 13.4. The zero-order valence-electron chi connectivity index (χ0n) is 15.4. The van der Waals surface area contributed by atoms with E-state index in [-0.39, 0.29) is 11.5 Å². The molecule has 6 nitrogen and oxygen atoms in total. The quantitative estimate of drug-likeness (QED) is 0.700. The summed E-state index contributed by atoms with van der Waals surface area (Å²) in [6, 6.07) is 11.0. The van der Waals surface area contributed by atoms with Crippen LogP contribution in [-0.2, 0) is 13.0 Å². The molecular weight excluding hydrogens is 378 g/mol. The highest BCUT2D eigenvalue weighted by atomic mass is 19.1. The Hall–Kier alpha value is -3.55. The van der Waals surface area contributed by atoms with Gasteiger partial charge in [0, 0.05) is 17.9 Å². The zero-order chi connectivity index (χ0) is 20.4. The van der Waals surface area contributed by atoms with E-state index in [1.54, 1.807) is 10.6 Å². The number of halogens is 2. The van der Waals surface area contributed by atoms with Crippen LogP contribution in [-0.4, -0.2) is 21.4 Å². The molecule has 1 aromatic heterocycles. The van der Waals surface area contributed by atoms with Gasteiger partial charge in [-0.05, 0) is 61.7 Å². The van der Waals surface area contributed by atoms with Gasteiger partial charge in [0.15, 0.2) is 11.5 Å². The second-order valence-electron chi connectivity index (χ2n) is 6.76. The van der Waals surface area contributed by atoms with Gasteiger partial charge >= 0.3 is 0 Å². The number of nitrogens with zero attached hydrogens (tertiary/aromatic N) is 2. The summed E-state index contributed by atoms with van der Waals surface area (Å²) in [6.07, 6.45) is 2.36. The fraction of sp³-hybridized carbons (Fsp3) is 0.190. The van der Waals surface area contributed by atoms with Crippen LogP contribution in [0, 0.1) is 11.6 Å². The number of fused-ring (bicyclic) bond motifs is 1. The number of aromatic nitrogens is 2. The number of carbonyl (C=O) groups is 2. The van der Waals surface area contributed by atoms with E-state index in [9.17, 15) is 18.4 Å². The van der Waals surface area contributed by atoms with E-state index in [1.807, 2.05) is 0 Å². The minimum atomic E-state index is -0.498. The molecule has 148 valence electrons. The molecule has 0 radical (unpaired) electrons. The predicted octanol–water partition coefficient (Wildman–Crippen LogP) is 4.00. The summed E-state index contributed by atoms with van der Waals surface area (Å²) >= 11 is 0. The van der Waals surface area contributed by atoms with E-state index < -0.39 is 23.4 Å². The van der Waals surface area contributed by atoms with Crippen LogP contribution in [0.5, 0.6) is 0 Å². The molecule has 0 unspecified atom stereocenters. The van der Waals surface area contributed by atoms with Gasteiger partial charge in [0.2, 0.25) is 0 Å². The first-order valence-electron chi connectivity index (χ1n) is 9.24. The normalized spacial score (nSPS) is 12.9. The third-order valence-corrected chi connectivity index (χ3v) is 4.72. The summed E-state index contributed by atoms with van der Waals surface area (Å²) in [6.45, 7) is 0.571. The Morgan fingerprint density at radius 1 is 0.897 bits per heavy atom. The van der Waals surface area contributed by atoms with Crippen molar-refractivity contribution in [1.82, 2.24) is 9.55 Å². The predicted molar refractivity (Wildman–Crippen MR) is 104 cm³/mol. The highest BCUT2D eigenvalue weighted by Crippen LogP contribution is 2.23. The molecule has 1 aliphatic rings. The van der Waals surface area contributed by atoms with Crippen molar-refractivity contribution >= 4 is 23.2 Å². The van der Waals surface area contributed by atoms with Gasteiger partial charge in [0.25, 0.3) is 11.8 Å². The molecule has 3 aromatic rings. The van der Waals surface area contributed by atoms with Gasteiger partial charge in [-0.2, -0.15) is 0 Å². The third kappa shape index (κ3) is 4.01. The van der Waals surface area contributed by atoms with Crippen molar-refractivity contribution in [2.75, 3.05) is 10.6 Å². The molecule has 2 aromatic carbocycles. The van der Waals surface area contributed by atoms with E-state index >= 15 is 0 Å². The van der Waals surface area contributed by atoms with Gasteiger partial charge in [-0.1, -0.05) is 6.07 Å². The maximum Gasteiger partial charge on any atom is 0.291 e. The third-order valence-electron chi connectivity index (χ3n) is 4.72. The van der Waals surface area contributed by atoms with Gasteiger partial charge in [-0.3, -0.25) is 9.59 Å². The molecule has 0 aliphatic carbocycles. The summed E-state index contributed by atoms with van der Waals surface area (Å²) in [7, 11) is 0.